The van der Waals surface area contributed by atoms with Crippen molar-refractivity contribution < 1.29 is 12.6 Å². The van der Waals surface area contributed by atoms with Crippen LogP contribution in [0.4, 0.5) is 0 Å². The van der Waals surface area contributed by atoms with Gasteiger partial charge in [-0.05, 0) is 6.42 Å². The fourth-order valence-electron chi connectivity index (χ4n) is 0.484. The summed E-state index contributed by atoms with van der Waals surface area (Å²) in [6.07, 6.45) is 0.919. The van der Waals surface area contributed by atoms with E-state index in [2.05, 4.69) is 4.18 Å². The van der Waals surface area contributed by atoms with Gasteiger partial charge in [0.05, 0.1) is 6.61 Å². The average molecular weight is 136 g/mol. The molecule has 2 atom stereocenters. The molecule has 1 unspecified atom stereocenters. The molecule has 4 heteroatoms. The molecule has 1 rings (SSSR count). The second kappa shape index (κ2) is 2.57. The van der Waals surface area contributed by atoms with Crippen LogP contribution in [0.1, 0.15) is 13.3 Å². The Balaban J connectivity index is 2.32. The molecule has 0 bridgehead atoms. The van der Waals surface area contributed by atoms with E-state index in [4.69, 9.17) is 4.18 Å². The van der Waals surface area contributed by atoms with E-state index >= 15 is 0 Å². The van der Waals surface area contributed by atoms with Gasteiger partial charge in [0.25, 0.3) is 0 Å². The van der Waals surface area contributed by atoms with Crippen LogP contribution in [0.3, 0.4) is 0 Å². The van der Waals surface area contributed by atoms with Gasteiger partial charge < -0.3 is 0 Å². The van der Waals surface area contributed by atoms with Crippen LogP contribution in [-0.2, 0) is 19.7 Å². The molecule has 0 radical (unpaired) electrons. The molecule has 1 aliphatic rings. The van der Waals surface area contributed by atoms with Crippen LogP contribution >= 0.6 is 0 Å². The zero-order valence-corrected chi connectivity index (χ0v) is 5.44. The lowest BCUT2D eigenvalue weighted by atomic mass is 10.3. The van der Waals surface area contributed by atoms with Crippen molar-refractivity contribution in [3.63, 3.8) is 0 Å². The lowest BCUT2D eigenvalue weighted by Crippen LogP contribution is -2.05. The molecule has 0 spiro atoms. The Morgan fingerprint density at radius 1 is 1.88 bits per heavy atom. The molecular weight excluding hydrogens is 128 g/mol. The van der Waals surface area contributed by atoms with E-state index in [1.807, 2.05) is 6.92 Å². The highest BCUT2D eigenvalue weighted by Gasteiger charge is 2.20. The SMILES string of the molecule is CC[C@H]1COS(=O)O1. The predicted molar refractivity (Wildman–Crippen MR) is 29.3 cm³/mol. The Hall–Kier alpha value is 0.0700. The summed E-state index contributed by atoms with van der Waals surface area (Å²) in [5, 5.41) is 0. The Labute approximate surface area is 50.8 Å². The van der Waals surface area contributed by atoms with Crippen LogP contribution in [0.5, 0.6) is 0 Å². The average Bonchev–Trinajstić information content (AvgIpc) is 2.14. The molecule has 0 N–H and O–H groups in total. The molecule has 0 aromatic rings. The van der Waals surface area contributed by atoms with Crippen molar-refractivity contribution in [3.05, 3.63) is 0 Å². The summed E-state index contributed by atoms with van der Waals surface area (Å²) in [5.74, 6) is 0. The van der Waals surface area contributed by atoms with Crippen molar-refractivity contribution in [2.24, 2.45) is 0 Å². The molecule has 3 nitrogen and oxygen atoms in total. The monoisotopic (exact) mass is 136 g/mol. The van der Waals surface area contributed by atoms with Crippen molar-refractivity contribution in [1.29, 1.82) is 0 Å². The standard InChI is InChI=1S/C4H8O3S/c1-2-4-3-6-8(5)7-4/h4H,2-3H2,1H3/t4-,8?/m0/s1. The fourth-order valence-corrected chi connectivity index (χ4v) is 1.22. The van der Waals surface area contributed by atoms with Gasteiger partial charge in [-0.25, -0.2) is 0 Å². The molecule has 0 aliphatic carbocycles. The van der Waals surface area contributed by atoms with Gasteiger partial charge in [0.15, 0.2) is 0 Å². The van der Waals surface area contributed by atoms with Crippen molar-refractivity contribution >= 4 is 11.4 Å². The molecule has 48 valence electrons. The highest BCUT2D eigenvalue weighted by atomic mass is 32.2. The van der Waals surface area contributed by atoms with Gasteiger partial charge >= 0.3 is 11.4 Å². The first-order valence-corrected chi connectivity index (χ1v) is 3.55. The Kier molecular flexibility index (Phi) is 1.99. The van der Waals surface area contributed by atoms with Gasteiger partial charge in [0.2, 0.25) is 0 Å². The second-order valence-corrected chi connectivity index (χ2v) is 2.45. The van der Waals surface area contributed by atoms with Crippen LogP contribution in [-0.4, -0.2) is 16.9 Å². The normalized spacial score (nSPS) is 38.1. The number of hydrogen-bond acceptors (Lipinski definition) is 3. The van der Waals surface area contributed by atoms with Crippen molar-refractivity contribution in [3.8, 4) is 0 Å². The van der Waals surface area contributed by atoms with Gasteiger partial charge in [-0.1, -0.05) is 6.92 Å². The molecule has 0 aromatic carbocycles. The summed E-state index contributed by atoms with van der Waals surface area (Å²) in [4.78, 5) is 0. The van der Waals surface area contributed by atoms with Gasteiger partial charge in [-0.3, -0.25) is 8.37 Å². The first-order valence-electron chi connectivity index (χ1n) is 2.55. The maximum atomic E-state index is 10.3. The summed E-state index contributed by atoms with van der Waals surface area (Å²) < 4.78 is 19.6. The van der Waals surface area contributed by atoms with Crippen molar-refractivity contribution in [2.75, 3.05) is 6.61 Å². The topological polar surface area (TPSA) is 35.5 Å². The zero-order valence-electron chi connectivity index (χ0n) is 4.62. The summed E-state index contributed by atoms with van der Waals surface area (Å²) in [7, 11) is 0. The lowest BCUT2D eigenvalue weighted by molar-refractivity contribution is 0.234. The maximum absolute atomic E-state index is 10.3. The van der Waals surface area contributed by atoms with Gasteiger partial charge in [0.1, 0.15) is 6.10 Å². The van der Waals surface area contributed by atoms with E-state index in [-0.39, 0.29) is 6.10 Å². The molecule has 0 amide bonds. The summed E-state index contributed by atoms with van der Waals surface area (Å²) in [6.45, 7) is 2.44. The van der Waals surface area contributed by atoms with Crippen LogP contribution in [0, 0.1) is 0 Å². The Morgan fingerprint density at radius 2 is 2.62 bits per heavy atom. The fraction of sp³-hybridized carbons (Fsp3) is 1.00. The summed E-state index contributed by atoms with van der Waals surface area (Å²) in [6, 6.07) is 0. The quantitative estimate of drug-likeness (QED) is 0.523. The highest BCUT2D eigenvalue weighted by molar-refractivity contribution is 7.75. The van der Waals surface area contributed by atoms with E-state index in [0.29, 0.717) is 6.61 Å². The first-order chi connectivity index (χ1) is 3.83. The third-order valence-corrected chi connectivity index (χ3v) is 1.78. The Bertz CT molecular complexity index is 103. The third kappa shape index (κ3) is 1.27. The molecule has 1 fully saturated rings. The van der Waals surface area contributed by atoms with Gasteiger partial charge in [-0.2, -0.15) is 4.21 Å². The number of rotatable bonds is 1. The molecule has 1 heterocycles. The first kappa shape index (κ1) is 6.19. The van der Waals surface area contributed by atoms with Crippen molar-refractivity contribution in [1.82, 2.24) is 0 Å². The number of hydrogen-bond donors (Lipinski definition) is 0. The Morgan fingerprint density at radius 3 is 2.88 bits per heavy atom. The minimum Gasteiger partial charge on any atom is -0.266 e. The van der Waals surface area contributed by atoms with E-state index in [0.717, 1.165) is 6.42 Å². The zero-order chi connectivity index (χ0) is 5.98. The van der Waals surface area contributed by atoms with Crippen LogP contribution < -0.4 is 0 Å². The highest BCUT2D eigenvalue weighted by Crippen LogP contribution is 2.10. The predicted octanol–water partition coefficient (Wildman–Crippen LogP) is 0.391. The third-order valence-electron chi connectivity index (χ3n) is 1.02. The van der Waals surface area contributed by atoms with Crippen LogP contribution in [0.25, 0.3) is 0 Å². The minimum atomic E-state index is -1.45. The summed E-state index contributed by atoms with van der Waals surface area (Å²) >= 11 is -1.45. The van der Waals surface area contributed by atoms with E-state index in [1.165, 1.54) is 0 Å². The van der Waals surface area contributed by atoms with E-state index in [1.54, 1.807) is 0 Å². The molecule has 8 heavy (non-hydrogen) atoms. The van der Waals surface area contributed by atoms with Crippen molar-refractivity contribution in [2.45, 2.75) is 19.4 Å². The molecular formula is C4H8O3S. The van der Waals surface area contributed by atoms with E-state index < -0.39 is 11.4 Å². The van der Waals surface area contributed by atoms with Gasteiger partial charge in [0, 0.05) is 0 Å². The smallest absolute Gasteiger partial charge is 0.266 e. The van der Waals surface area contributed by atoms with Gasteiger partial charge in [-0.15, -0.1) is 0 Å². The van der Waals surface area contributed by atoms with Crippen LogP contribution in [0.2, 0.25) is 0 Å². The molecule has 1 saturated heterocycles. The molecule has 0 saturated carbocycles. The lowest BCUT2D eigenvalue weighted by Gasteiger charge is -1.95. The van der Waals surface area contributed by atoms with E-state index in [9.17, 15) is 4.21 Å². The second-order valence-electron chi connectivity index (χ2n) is 1.62. The largest absolute Gasteiger partial charge is 0.305 e. The molecule has 1 aliphatic heterocycles. The van der Waals surface area contributed by atoms with Crippen LogP contribution in [0.15, 0.2) is 0 Å². The maximum Gasteiger partial charge on any atom is 0.305 e. The molecule has 0 aromatic heterocycles. The minimum absolute atomic E-state index is 0.0517. The summed E-state index contributed by atoms with van der Waals surface area (Å²) in [5.41, 5.74) is 0.